The van der Waals surface area contributed by atoms with Crippen LogP contribution in [-0.2, 0) is 6.18 Å². The lowest BCUT2D eigenvalue weighted by molar-refractivity contribution is -0.137. The van der Waals surface area contributed by atoms with E-state index in [2.05, 4.69) is 11.9 Å². The summed E-state index contributed by atoms with van der Waals surface area (Å²) in [6.07, 6.45) is -4.34. The first-order valence-corrected chi connectivity index (χ1v) is 8.49. The summed E-state index contributed by atoms with van der Waals surface area (Å²) in [7, 11) is 0. The van der Waals surface area contributed by atoms with Gasteiger partial charge in [-0.15, -0.1) is 23.1 Å². The largest absolute Gasteiger partial charge is 0.416 e. The number of fused-ring (bicyclic) bond motifs is 1. The predicted molar refractivity (Wildman–Crippen MR) is 86.5 cm³/mol. The van der Waals surface area contributed by atoms with Crippen LogP contribution in [0.5, 0.6) is 0 Å². The Morgan fingerprint density at radius 2 is 1.91 bits per heavy atom. The molecule has 0 aliphatic heterocycles. The molecule has 0 bridgehead atoms. The van der Waals surface area contributed by atoms with Gasteiger partial charge in [-0.2, -0.15) is 13.2 Å². The van der Waals surface area contributed by atoms with Crippen LogP contribution in [0, 0.1) is 0 Å². The lowest BCUT2D eigenvalue weighted by Crippen LogP contribution is -2.03. The minimum absolute atomic E-state index is 0.395. The molecule has 1 nitrogen and oxygen atoms in total. The number of rotatable bonds is 3. The predicted octanol–water partition coefficient (Wildman–Crippen LogP) is 6.09. The van der Waals surface area contributed by atoms with Gasteiger partial charge in [0.15, 0.2) is 0 Å². The van der Waals surface area contributed by atoms with E-state index in [1.165, 1.54) is 17.4 Å². The molecule has 0 radical (unpaired) electrons. The van der Waals surface area contributed by atoms with Crippen LogP contribution in [0.1, 0.15) is 12.5 Å². The quantitative estimate of drug-likeness (QED) is 0.535. The summed E-state index contributed by atoms with van der Waals surface area (Å²) in [6.45, 7) is 2.06. The normalized spacial score (nSPS) is 12.0. The van der Waals surface area contributed by atoms with Crippen molar-refractivity contribution < 1.29 is 13.2 Å². The summed E-state index contributed by atoms with van der Waals surface area (Å²) in [5.41, 5.74) is 0.711. The Balaban J connectivity index is 2.09. The van der Waals surface area contributed by atoms with E-state index >= 15 is 0 Å². The number of alkyl halides is 3. The molecule has 0 N–H and O–H groups in total. The van der Waals surface area contributed by atoms with E-state index in [-0.39, 0.29) is 0 Å². The molecule has 0 fully saturated rings. The first-order chi connectivity index (χ1) is 10.5. The summed E-state index contributed by atoms with van der Waals surface area (Å²) in [5.74, 6) is 0.931. The molecule has 0 atom stereocenters. The lowest BCUT2D eigenvalue weighted by Gasteiger charge is -2.05. The Morgan fingerprint density at radius 1 is 1.14 bits per heavy atom. The van der Waals surface area contributed by atoms with Crippen LogP contribution in [0.15, 0.2) is 47.4 Å². The molecule has 6 heteroatoms. The Labute approximate surface area is 134 Å². The SMILES string of the molecule is CCSc1ccccc1-c1nc2cc(C(F)(F)F)ccc2s1. The maximum Gasteiger partial charge on any atom is 0.416 e. The van der Waals surface area contributed by atoms with Crippen LogP contribution < -0.4 is 0 Å². The second-order valence-corrected chi connectivity index (χ2v) is 6.96. The van der Waals surface area contributed by atoms with E-state index in [0.29, 0.717) is 5.52 Å². The van der Waals surface area contributed by atoms with Crippen molar-refractivity contribution in [1.29, 1.82) is 0 Å². The number of thiazole rings is 1. The molecule has 0 aliphatic carbocycles. The Morgan fingerprint density at radius 3 is 2.64 bits per heavy atom. The van der Waals surface area contributed by atoms with Crippen molar-refractivity contribution in [3.05, 3.63) is 48.0 Å². The molecule has 0 unspecified atom stereocenters. The molecule has 1 heterocycles. The third-order valence-corrected chi connectivity index (χ3v) is 5.16. The van der Waals surface area contributed by atoms with Gasteiger partial charge in [-0.3, -0.25) is 0 Å². The summed E-state index contributed by atoms with van der Waals surface area (Å²) in [6, 6.07) is 11.6. The average Bonchev–Trinajstić information content (AvgIpc) is 2.90. The summed E-state index contributed by atoms with van der Waals surface area (Å²) in [4.78, 5) is 5.50. The standard InChI is InChI=1S/C16H12F3NS2/c1-2-21-13-6-4-3-5-11(13)15-20-12-9-10(16(17,18)19)7-8-14(12)22-15/h3-9H,2H2,1H3. The fourth-order valence-corrected chi connectivity index (χ4v) is 4.00. The molecule has 3 aromatic rings. The molecule has 2 aromatic carbocycles. The third kappa shape index (κ3) is 2.98. The van der Waals surface area contributed by atoms with Crippen molar-refractivity contribution in [3.63, 3.8) is 0 Å². The zero-order valence-electron chi connectivity index (χ0n) is 11.6. The minimum Gasteiger partial charge on any atom is -0.236 e. The van der Waals surface area contributed by atoms with Crippen LogP contribution in [0.2, 0.25) is 0 Å². The zero-order chi connectivity index (χ0) is 15.7. The molecule has 0 amide bonds. The van der Waals surface area contributed by atoms with E-state index in [4.69, 9.17) is 0 Å². The lowest BCUT2D eigenvalue weighted by atomic mass is 10.2. The highest BCUT2D eigenvalue weighted by Gasteiger charge is 2.30. The Hall–Kier alpha value is -1.53. The maximum atomic E-state index is 12.8. The number of halogens is 3. The van der Waals surface area contributed by atoms with E-state index in [1.807, 2.05) is 24.3 Å². The number of thioether (sulfide) groups is 1. The molecule has 0 aliphatic rings. The smallest absolute Gasteiger partial charge is 0.236 e. The highest BCUT2D eigenvalue weighted by atomic mass is 32.2. The number of benzene rings is 2. The summed E-state index contributed by atoms with van der Waals surface area (Å²) >= 11 is 3.12. The van der Waals surface area contributed by atoms with Gasteiger partial charge >= 0.3 is 6.18 Å². The fraction of sp³-hybridized carbons (Fsp3) is 0.188. The molecule has 0 saturated heterocycles. The van der Waals surface area contributed by atoms with Crippen LogP contribution in [0.4, 0.5) is 13.2 Å². The zero-order valence-corrected chi connectivity index (χ0v) is 13.3. The topological polar surface area (TPSA) is 12.9 Å². The van der Waals surface area contributed by atoms with Gasteiger partial charge in [-0.25, -0.2) is 4.98 Å². The molecular formula is C16H12F3NS2. The fourth-order valence-electron chi connectivity index (χ4n) is 2.14. The highest BCUT2D eigenvalue weighted by Crippen LogP contribution is 2.38. The van der Waals surface area contributed by atoms with Crippen LogP contribution in [0.3, 0.4) is 0 Å². The van der Waals surface area contributed by atoms with E-state index in [0.717, 1.165) is 38.1 Å². The molecule has 0 saturated carbocycles. The van der Waals surface area contributed by atoms with Crippen LogP contribution in [0.25, 0.3) is 20.8 Å². The van der Waals surface area contributed by atoms with Crippen molar-refractivity contribution >= 4 is 33.3 Å². The first kappa shape index (κ1) is 15.4. The molecule has 1 aromatic heterocycles. The molecule has 114 valence electrons. The third-order valence-electron chi connectivity index (χ3n) is 3.13. The second-order valence-electron chi connectivity index (χ2n) is 4.63. The molecule has 22 heavy (non-hydrogen) atoms. The first-order valence-electron chi connectivity index (χ1n) is 6.69. The summed E-state index contributed by atoms with van der Waals surface area (Å²) in [5, 5.41) is 0.755. The van der Waals surface area contributed by atoms with Gasteiger partial charge in [0, 0.05) is 10.5 Å². The van der Waals surface area contributed by atoms with Crippen molar-refractivity contribution in [1.82, 2.24) is 4.98 Å². The number of hydrogen-bond donors (Lipinski definition) is 0. The van der Waals surface area contributed by atoms with Gasteiger partial charge in [-0.05, 0) is 30.0 Å². The maximum absolute atomic E-state index is 12.8. The van der Waals surface area contributed by atoms with Gasteiger partial charge in [0.05, 0.1) is 15.8 Å². The van der Waals surface area contributed by atoms with Gasteiger partial charge in [-0.1, -0.05) is 25.1 Å². The molecular weight excluding hydrogens is 327 g/mol. The highest BCUT2D eigenvalue weighted by molar-refractivity contribution is 7.99. The van der Waals surface area contributed by atoms with Gasteiger partial charge < -0.3 is 0 Å². The summed E-state index contributed by atoms with van der Waals surface area (Å²) < 4.78 is 39.1. The monoisotopic (exact) mass is 339 g/mol. The van der Waals surface area contributed by atoms with Crippen molar-refractivity contribution in [2.75, 3.05) is 5.75 Å². The Bertz CT molecular complexity index is 809. The van der Waals surface area contributed by atoms with Gasteiger partial charge in [0.25, 0.3) is 0 Å². The second kappa shape index (κ2) is 5.93. The minimum atomic E-state index is -4.34. The van der Waals surface area contributed by atoms with Crippen molar-refractivity contribution in [3.8, 4) is 10.6 Å². The van der Waals surface area contributed by atoms with E-state index < -0.39 is 11.7 Å². The van der Waals surface area contributed by atoms with E-state index in [1.54, 1.807) is 11.8 Å². The average molecular weight is 339 g/mol. The van der Waals surface area contributed by atoms with Crippen LogP contribution in [-0.4, -0.2) is 10.7 Å². The van der Waals surface area contributed by atoms with Gasteiger partial charge in [0.1, 0.15) is 5.01 Å². The number of aromatic nitrogens is 1. The Kier molecular flexibility index (Phi) is 4.14. The van der Waals surface area contributed by atoms with E-state index in [9.17, 15) is 13.2 Å². The van der Waals surface area contributed by atoms with Crippen molar-refractivity contribution in [2.45, 2.75) is 18.0 Å². The molecule has 0 spiro atoms. The molecule has 3 rings (SSSR count). The number of nitrogens with zero attached hydrogens (tertiary/aromatic N) is 1. The van der Waals surface area contributed by atoms with Crippen molar-refractivity contribution in [2.24, 2.45) is 0 Å². The van der Waals surface area contributed by atoms with Crippen LogP contribution >= 0.6 is 23.1 Å². The number of hydrogen-bond acceptors (Lipinski definition) is 3. The van der Waals surface area contributed by atoms with Gasteiger partial charge in [0.2, 0.25) is 0 Å².